The van der Waals surface area contributed by atoms with Crippen LogP contribution in [0.3, 0.4) is 0 Å². The fraction of sp³-hybridized carbons (Fsp3) is 0.333. The lowest BCUT2D eigenvalue weighted by Crippen LogP contribution is -2.15. The number of halogens is 1. The molecule has 1 N–H and O–H groups in total. The summed E-state index contributed by atoms with van der Waals surface area (Å²) in [5.41, 5.74) is 0.183. The molecule has 0 spiro atoms. The summed E-state index contributed by atoms with van der Waals surface area (Å²) in [6.45, 7) is 4.30. The van der Waals surface area contributed by atoms with Crippen LogP contribution in [0.25, 0.3) is 0 Å². The summed E-state index contributed by atoms with van der Waals surface area (Å²) in [6, 6.07) is 7.54. The quantitative estimate of drug-likeness (QED) is 0.667. The lowest BCUT2D eigenvalue weighted by Gasteiger charge is -2.16. The van der Waals surface area contributed by atoms with Gasteiger partial charge in [-0.05, 0) is 26.0 Å². The van der Waals surface area contributed by atoms with Gasteiger partial charge in [-0.15, -0.1) is 0 Å². The highest BCUT2D eigenvalue weighted by molar-refractivity contribution is 7.92. The van der Waals surface area contributed by atoms with Gasteiger partial charge in [-0.2, -0.15) is 0 Å². The number of sulfonamides is 1. The first kappa shape index (κ1) is 21.0. The maximum atomic E-state index is 13.0. The number of rotatable bonds is 9. The highest BCUT2D eigenvalue weighted by atomic mass is 35.5. The number of ether oxygens (including phenoxy) is 4. The molecular weight excluding hydrogens is 394 g/mol. The fourth-order valence-electron chi connectivity index (χ4n) is 2.37. The van der Waals surface area contributed by atoms with E-state index in [1.807, 2.05) is 6.92 Å². The zero-order chi connectivity index (χ0) is 20.0. The van der Waals surface area contributed by atoms with Crippen molar-refractivity contribution < 1.29 is 27.4 Å². The first-order valence-corrected chi connectivity index (χ1v) is 10.1. The SMILES string of the molecule is CCOc1ccc(OCC)c(S(=O)(=O)Nc2cc(OC)c(Cl)cc2OC)c1. The average Bonchev–Trinajstić information content (AvgIpc) is 2.64. The van der Waals surface area contributed by atoms with Crippen molar-refractivity contribution in [1.29, 1.82) is 0 Å². The maximum Gasteiger partial charge on any atom is 0.265 e. The third kappa shape index (κ3) is 4.90. The predicted octanol–water partition coefficient (Wildman–Crippen LogP) is 3.96. The van der Waals surface area contributed by atoms with Crippen LogP contribution >= 0.6 is 11.6 Å². The predicted molar refractivity (Wildman–Crippen MR) is 104 cm³/mol. The molecule has 2 aromatic rings. The second-order valence-corrected chi connectivity index (χ2v) is 7.33. The van der Waals surface area contributed by atoms with Crippen molar-refractivity contribution >= 4 is 27.3 Å². The van der Waals surface area contributed by atoms with E-state index in [9.17, 15) is 8.42 Å². The zero-order valence-electron chi connectivity index (χ0n) is 15.5. The van der Waals surface area contributed by atoms with E-state index in [-0.39, 0.29) is 22.1 Å². The third-order valence-electron chi connectivity index (χ3n) is 3.53. The molecule has 2 aromatic carbocycles. The number of hydrogen-bond donors (Lipinski definition) is 1. The Labute approximate surface area is 164 Å². The van der Waals surface area contributed by atoms with Crippen molar-refractivity contribution in [2.24, 2.45) is 0 Å². The number of hydrogen-bond acceptors (Lipinski definition) is 6. The second kappa shape index (κ2) is 9.05. The summed E-state index contributed by atoms with van der Waals surface area (Å²) in [4.78, 5) is -0.0498. The summed E-state index contributed by atoms with van der Waals surface area (Å²) >= 11 is 6.07. The van der Waals surface area contributed by atoms with Crippen LogP contribution in [-0.2, 0) is 10.0 Å². The Morgan fingerprint density at radius 1 is 0.926 bits per heavy atom. The van der Waals surface area contributed by atoms with E-state index >= 15 is 0 Å². The summed E-state index contributed by atoms with van der Waals surface area (Å²) in [7, 11) is -1.16. The minimum absolute atomic E-state index is 0.0498. The van der Waals surface area contributed by atoms with Gasteiger partial charge in [-0.25, -0.2) is 8.42 Å². The largest absolute Gasteiger partial charge is 0.495 e. The van der Waals surface area contributed by atoms with Gasteiger partial charge >= 0.3 is 0 Å². The molecule has 0 saturated carbocycles. The van der Waals surface area contributed by atoms with Crippen LogP contribution < -0.4 is 23.7 Å². The number of nitrogens with one attached hydrogen (secondary N) is 1. The Hall–Kier alpha value is -2.32. The van der Waals surface area contributed by atoms with Gasteiger partial charge in [0.1, 0.15) is 27.9 Å². The van der Waals surface area contributed by atoms with Crippen LogP contribution in [0.4, 0.5) is 5.69 Å². The van der Waals surface area contributed by atoms with E-state index in [1.54, 1.807) is 19.1 Å². The Morgan fingerprint density at radius 3 is 2.19 bits per heavy atom. The molecule has 2 rings (SSSR count). The zero-order valence-corrected chi connectivity index (χ0v) is 17.1. The van der Waals surface area contributed by atoms with Gasteiger partial charge in [-0.3, -0.25) is 4.72 Å². The van der Waals surface area contributed by atoms with Crippen LogP contribution in [0.1, 0.15) is 13.8 Å². The Balaban J connectivity index is 2.51. The fourth-order valence-corrected chi connectivity index (χ4v) is 3.82. The van der Waals surface area contributed by atoms with Gasteiger partial charge in [0, 0.05) is 18.2 Å². The standard InChI is InChI=1S/C18H22ClNO6S/c1-5-25-12-7-8-15(26-6-2)18(9-12)27(21,22)20-14-11-16(23-3)13(19)10-17(14)24-4/h7-11,20H,5-6H2,1-4H3. The van der Waals surface area contributed by atoms with E-state index in [1.165, 1.54) is 32.4 Å². The van der Waals surface area contributed by atoms with Crippen molar-refractivity contribution in [3.63, 3.8) is 0 Å². The van der Waals surface area contributed by atoms with Crippen LogP contribution in [0, 0.1) is 0 Å². The van der Waals surface area contributed by atoms with Crippen LogP contribution in [0.15, 0.2) is 35.2 Å². The van der Waals surface area contributed by atoms with Crippen molar-refractivity contribution in [2.45, 2.75) is 18.7 Å². The Kier molecular flexibility index (Phi) is 7.04. The van der Waals surface area contributed by atoms with E-state index in [4.69, 9.17) is 30.5 Å². The molecule has 27 heavy (non-hydrogen) atoms. The average molecular weight is 416 g/mol. The molecule has 0 aromatic heterocycles. The van der Waals surface area contributed by atoms with Gasteiger partial charge in [0.2, 0.25) is 0 Å². The molecule has 0 aliphatic carbocycles. The van der Waals surface area contributed by atoms with Gasteiger partial charge in [0.25, 0.3) is 10.0 Å². The first-order valence-electron chi connectivity index (χ1n) is 8.20. The highest BCUT2D eigenvalue weighted by Gasteiger charge is 2.23. The minimum Gasteiger partial charge on any atom is -0.495 e. The molecule has 0 atom stereocenters. The van der Waals surface area contributed by atoms with Crippen LogP contribution in [0.2, 0.25) is 5.02 Å². The molecule has 0 aliphatic rings. The normalized spacial score (nSPS) is 11.0. The maximum absolute atomic E-state index is 13.0. The van der Waals surface area contributed by atoms with Crippen molar-refractivity contribution in [2.75, 3.05) is 32.2 Å². The summed E-state index contributed by atoms with van der Waals surface area (Å²) in [5.74, 6) is 1.20. The van der Waals surface area contributed by atoms with Crippen LogP contribution in [0.5, 0.6) is 23.0 Å². The third-order valence-corrected chi connectivity index (χ3v) is 5.22. The second-order valence-electron chi connectivity index (χ2n) is 5.27. The number of anilines is 1. The molecule has 7 nitrogen and oxygen atoms in total. The summed E-state index contributed by atoms with van der Waals surface area (Å²) < 4.78 is 49.8. The smallest absolute Gasteiger partial charge is 0.265 e. The van der Waals surface area contributed by atoms with Crippen molar-refractivity contribution in [3.8, 4) is 23.0 Å². The molecule has 9 heteroatoms. The van der Waals surface area contributed by atoms with Gasteiger partial charge in [0.15, 0.2) is 0 Å². The van der Waals surface area contributed by atoms with Crippen molar-refractivity contribution in [1.82, 2.24) is 0 Å². The molecule has 0 amide bonds. The minimum atomic E-state index is -4.01. The molecule has 0 aliphatic heterocycles. The topological polar surface area (TPSA) is 83.1 Å². The molecule has 0 bridgehead atoms. The summed E-state index contributed by atoms with van der Waals surface area (Å²) in [5, 5.41) is 0.297. The van der Waals surface area contributed by atoms with E-state index in [0.717, 1.165) is 0 Å². The monoisotopic (exact) mass is 415 g/mol. The lowest BCUT2D eigenvalue weighted by atomic mass is 10.3. The number of benzene rings is 2. The van der Waals surface area contributed by atoms with Gasteiger partial charge in [0.05, 0.1) is 38.1 Å². The lowest BCUT2D eigenvalue weighted by molar-refractivity contribution is 0.322. The van der Waals surface area contributed by atoms with E-state index < -0.39 is 10.0 Å². The van der Waals surface area contributed by atoms with E-state index in [0.29, 0.717) is 29.7 Å². The van der Waals surface area contributed by atoms with Crippen molar-refractivity contribution in [3.05, 3.63) is 35.4 Å². The summed E-state index contributed by atoms with van der Waals surface area (Å²) in [6.07, 6.45) is 0. The van der Waals surface area contributed by atoms with Gasteiger partial charge in [-0.1, -0.05) is 11.6 Å². The molecule has 0 saturated heterocycles. The molecule has 0 heterocycles. The van der Waals surface area contributed by atoms with Crippen LogP contribution in [-0.4, -0.2) is 35.9 Å². The Morgan fingerprint density at radius 2 is 1.59 bits per heavy atom. The molecule has 0 fully saturated rings. The molecule has 0 unspecified atom stereocenters. The first-order chi connectivity index (χ1) is 12.9. The number of methoxy groups -OCH3 is 2. The van der Waals surface area contributed by atoms with E-state index in [2.05, 4.69) is 4.72 Å². The molecular formula is C18H22ClNO6S. The Bertz CT molecular complexity index is 901. The highest BCUT2D eigenvalue weighted by Crippen LogP contribution is 2.38. The molecule has 148 valence electrons. The molecule has 0 radical (unpaired) electrons. The van der Waals surface area contributed by atoms with Gasteiger partial charge < -0.3 is 18.9 Å².